The topological polar surface area (TPSA) is 79.6 Å². The molecular weight excluding hydrogens is 443 g/mol. The summed E-state index contributed by atoms with van der Waals surface area (Å²) in [6.07, 6.45) is -1.26. The van der Waals surface area contributed by atoms with Crippen LogP contribution in [0.3, 0.4) is 0 Å². The summed E-state index contributed by atoms with van der Waals surface area (Å²) in [6.45, 7) is 1.23. The van der Waals surface area contributed by atoms with Crippen LogP contribution >= 0.6 is 11.3 Å². The molecule has 4 rings (SSSR count). The van der Waals surface area contributed by atoms with Gasteiger partial charge in [-0.25, -0.2) is 9.50 Å². The van der Waals surface area contributed by atoms with Gasteiger partial charge in [0, 0.05) is 37.1 Å². The third kappa shape index (κ3) is 5.45. The number of aromatic nitrogens is 3. The summed E-state index contributed by atoms with van der Waals surface area (Å²) >= 11 is 1.42. The third-order valence-electron chi connectivity index (χ3n) is 5.51. The number of likely N-dealkylation sites (tertiary alicyclic amines) is 1. The predicted molar refractivity (Wildman–Crippen MR) is 112 cm³/mol. The van der Waals surface area contributed by atoms with E-state index in [0.29, 0.717) is 37.4 Å². The fourth-order valence-electron chi connectivity index (χ4n) is 3.75. The number of carbonyl (C=O) groups is 2. The van der Waals surface area contributed by atoms with Gasteiger partial charge in [0.25, 0.3) is 5.91 Å². The molecular formula is C21H22F3N5O2S. The van der Waals surface area contributed by atoms with Crippen LogP contribution in [0.1, 0.15) is 51.7 Å². The maximum atomic E-state index is 12.5. The number of alkyl halides is 3. The number of halogens is 3. The van der Waals surface area contributed by atoms with Crippen LogP contribution in [-0.4, -0.2) is 50.6 Å². The van der Waals surface area contributed by atoms with E-state index in [1.54, 1.807) is 10.6 Å². The van der Waals surface area contributed by atoms with Gasteiger partial charge >= 0.3 is 6.18 Å². The second kappa shape index (κ2) is 9.27. The lowest BCUT2D eigenvalue weighted by molar-refractivity contribution is -0.149. The van der Waals surface area contributed by atoms with Crippen LogP contribution in [0.25, 0.3) is 5.65 Å². The molecule has 0 aromatic carbocycles. The summed E-state index contributed by atoms with van der Waals surface area (Å²) in [5.74, 6) is -0.418. The highest BCUT2D eigenvalue weighted by Gasteiger charge is 2.31. The SMILES string of the molecule is O=C(NCc1ccc2ncnn2c1)c1ccc(C2CCN(C(=O)CCC(F)(F)F)CC2)s1. The normalized spacial score (nSPS) is 15.3. The highest BCUT2D eigenvalue weighted by molar-refractivity contribution is 7.14. The maximum Gasteiger partial charge on any atom is 0.389 e. The molecule has 2 amide bonds. The Morgan fingerprint density at radius 2 is 1.94 bits per heavy atom. The molecule has 32 heavy (non-hydrogen) atoms. The molecule has 3 aromatic rings. The first-order chi connectivity index (χ1) is 15.3. The summed E-state index contributed by atoms with van der Waals surface area (Å²) in [5.41, 5.74) is 1.63. The van der Waals surface area contributed by atoms with Gasteiger partial charge in [-0.2, -0.15) is 18.3 Å². The zero-order valence-corrected chi connectivity index (χ0v) is 18.0. The molecule has 1 saturated heterocycles. The fourth-order valence-corrected chi connectivity index (χ4v) is 4.84. The predicted octanol–water partition coefficient (Wildman–Crippen LogP) is 3.77. The molecule has 0 atom stereocenters. The molecule has 0 saturated carbocycles. The zero-order valence-electron chi connectivity index (χ0n) is 17.1. The van der Waals surface area contributed by atoms with Crippen molar-refractivity contribution in [1.29, 1.82) is 0 Å². The smallest absolute Gasteiger partial charge is 0.347 e. The zero-order chi connectivity index (χ0) is 22.7. The van der Waals surface area contributed by atoms with Crippen LogP contribution < -0.4 is 5.32 Å². The van der Waals surface area contributed by atoms with Crippen molar-refractivity contribution in [2.45, 2.75) is 44.3 Å². The molecule has 11 heteroatoms. The lowest BCUT2D eigenvalue weighted by atomic mass is 9.95. The van der Waals surface area contributed by atoms with Gasteiger partial charge in [0.15, 0.2) is 5.65 Å². The number of rotatable bonds is 6. The fraction of sp³-hybridized carbons (Fsp3) is 0.429. The number of hydrogen-bond donors (Lipinski definition) is 1. The van der Waals surface area contributed by atoms with Crippen LogP contribution in [0.15, 0.2) is 36.8 Å². The van der Waals surface area contributed by atoms with Gasteiger partial charge in [-0.15, -0.1) is 11.3 Å². The molecule has 4 heterocycles. The minimum absolute atomic E-state index is 0.167. The largest absolute Gasteiger partial charge is 0.389 e. The summed E-state index contributed by atoms with van der Waals surface area (Å²) in [5, 5.41) is 6.98. The summed E-state index contributed by atoms with van der Waals surface area (Å²) in [7, 11) is 0. The van der Waals surface area contributed by atoms with Crippen molar-refractivity contribution < 1.29 is 22.8 Å². The lowest BCUT2D eigenvalue weighted by Gasteiger charge is -2.31. The molecule has 1 aliphatic heterocycles. The van der Waals surface area contributed by atoms with Crippen molar-refractivity contribution in [3.63, 3.8) is 0 Å². The summed E-state index contributed by atoms with van der Waals surface area (Å²) < 4.78 is 38.6. The van der Waals surface area contributed by atoms with Crippen LogP contribution in [0.2, 0.25) is 0 Å². The van der Waals surface area contributed by atoms with E-state index >= 15 is 0 Å². The van der Waals surface area contributed by atoms with E-state index in [1.165, 1.54) is 22.6 Å². The van der Waals surface area contributed by atoms with E-state index in [2.05, 4.69) is 15.4 Å². The Hall–Kier alpha value is -2.95. The first-order valence-corrected chi connectivity index (χ1v) is 11.1. The second-order valence-corrected chi connectivity index (χ2v) is 8.87. The Kier molecular flexibility index (Phi) is 6.45. The lowest BCUT2D eigenvalue weighted by Crippen LogP contribution is -2.38. The molecule has 0 radical (unpaired) electrons. The molecule has 170 valence electrons. The minimum Gasteiger partial charge on any atom is -0.347 e. The average molecular weight is 466 g/mol. The number of fused-ring (bicyclic) bond motifs is 1. The monoisotopic (exact) mass is 465 g/mol. The molecule has 1 fully saturated rings. The standard InChI is InChI=1S/C21H22F3N5O2S/c22-21(23,24)8-5-19(30)28-9-6-15(7-10-28)16-2-3-17(32-16)20(31)25-11-14-1-4-18-26-13-27-29(18)12-14/h1-4,12-13,15H,5-11H2,(H,25,31). The number of piperidine rings is 1. The second-order valence-electron chi connectivity index (χ2n) is 7.76. The van der Waals surface area contributed by atoms with Crippen molar-refractivity contribution in [3.05, 3.63) is 52.1 Å². The van der Waals surface area contributed by atoms with Crippen LogP contribution in [-0.2, 0) is 11.3 Å². The first-order valence-electron chi connectivity index (χ1n) is 10.3. The number of carbonyl (C=O) groups excluding carboxylic acids is 2. The Bertz CT molecular complexity index is 1100. The molecule has 0 unspecified atom stereocenters. The van der Waals surface area contributed by atoms with E-state index in [0.717, 1.165) is 16.1 Å². The number of thiophene rings is 1. The van der Waals surface area contributed by atoms with Gasteiger partial charge in [-0.3, -0.25) is 9.59 Å². The van der Waals surface area contributed by atoms with E-state index in [9.17, 15) is 22.8 Å². The molecule has 0 aliphatic carbocycles. The third-order valence-corrected chi connectivity index (χ3v) is 6.76. The van der Waals surface area contributed by atoms with Gasteiger partial charge in [-0.05, 0) is 42.5 Å². The van der Waals surface area contributed by atoms with E-state index in [-0.39, 0.29) is 11.8 Å². The van der Waals surface area contributed by atoms with Gasteiger partial charge in [0.1, 0.15) is 6.33 Å². The number of pyridine rings is 1. The summed E-state index contributed by atoms with van der Waals surface area (Å²) in [4.78, 5) is 31.8. The number of amides is 2. The van der Waals surface area contributed by atoms with Crippen molar-refractivity contribution in [3.8, 4) is 0 Å². The van der Waals surface area contributed by atoms with E-state index in [4.69, 9.17) is 0 Å². The van der Waals surface area contributed by atoms with Crippen LogP contribution in [0.4, 0.5) is 13.2 Å². The average Bonchev–Trinajstić information content (AvgIpc) is 3.45. The van der Waals surface area contributed by atoms with Gasteiger partial charge in [0.2, 0.25) is 5.91 Å². The quantitative estimate of drug-likeness (QED) is 0.601. The molecule has 0 spiro atoms. The van der Waals surface area contributed by atoms with E-state index in [1.807, 2.05) is 24.4 Å². The highest BCUT2D eigenvalue weighted by Crippen LogP contribution is 2.33. The van der Waals surface area contributed by atoms with Gasteiger partial charge in [0.05, 0.1) is 11.3 Å². The molecule has 3 aromatic heterocycles. The summed E-state index contributed by atoms with van der Waals surface area (Å²) in [6, 6.07) is 7.43. The van der Waals surface area contributed by atoms with Gasteiger partial charge in [-0.1, -0.05) is 6.07 Å². The minimum atomic E-state index is -4.31. The van der Waals surface area contributed by atoms with Crippen molar-refractivity contribution >= 4 is 28.8 Å². The van der Waals surface area contributed by atoms with Crippen molar-refractivity contribution in [2.75, 3.05) is 13.1 Å². The van der Waals surface area contributed by atoms with E-state index < -0.39 is 24.9 Å². The van der Waals surface area contributed by atoms with Crippen LogP contribution in [0.5, 0.6) is 0 Å². The Morgan fingerprint density at radius 3 is 2.69 bits per heavy atom. The van der Waals surface area contributed by atoms with Gasteiger partial charge < -0.3 is 10.2 Å². The maximum absolute atomic E-state index is 12.5. The molecule has 1 aliphatic rings. The van der Waals surface area contributed by atoms with Crippen molar-refractivity contribution in [1.82, 2.24) is 24.8 Å². The number of nitrogens with zero attached hydrogens (tertiary/aromatic N) is 4. The molecule has 1 N–H and O–H groups in total. The Labute approximate surface area is 186 Å². The van der Waals surface area contributed by atoms with Crippen molar-refractivity contribution in [2.24, 2.45) is 0 Å². The molecule has 7 nitrogen and oxygen atoms in total. The Morgan fingerprint density at radius 1 is 1.16 bits per heavy atom. The molecule has 0 bridgehead atoms. The first kappa shape index (κ1) is 22.3. The highest BCUT2D eigenvalue weighted by atomic mass is 32.1. The number of hydrogen-bond acceptors (Lipinski definition) is 5. The number of nitrogens with one attached hydrogen (secondary N) is 1. The van der Waals surface area contributed by atoms with Crippen LogP contribution in [0, 0.1) is 0 Å². The Balaban J connectivity index is 1.27.